The molecule has 0 heterocycles. The maximum absolute atomic E-state index is 11.8. The first-order valence-electron chi connectivity index (χ1n) is 8.35. The van der Waals surface area contributed by atoms with Crippen LogP contribution < -0.4 is 0 Å². The fourth-order valence-electron chi connectivity index (χ4n) is 1.66. The summed E-state index contributed by atoms with van der Waals surface area (Å²) < 4.78 is 25.6. The molecule has 0 aromatic rings. The van der Waals surface area contributed by atoms with Gasteiger partial charge in [0.15, 0.2) is 6.10 Å². The van der Waals surface area contributed by atoms with Gasteiger partial charge in [0.2, 0.25) is 0 Å². The highest BCUT2D eigenvalue weighted by molar-refractivity contribution is 5.74. The number of hydrogen-bond acceptors (Lipinski definition) is 8. The highest BCUT2D eigenvalue weighted by atomic mass is 16.6. The SMILES string of the molecule is CCCC(=O)OCCOCCOC(CC)C(=O)OCCOCCO. The number of rotatable bonds is 16. The van der Waals surface area contributed by atoms with Crippen molar-refractivity contribution in [3.05, 3.63) is 0 Å². The third kappa shape index (κ3) is 13.2. The Hall–Kier alpha value is -1.22. The van der Waals surface area contributed by atoms with Crippen LogP contribution in [-0.4, -0.2) is 76.0 Å². The summed E-state index contributed by atoms with van der Waals surface area (Å²) in [5.74, 6) is -0.673. The maximum atomic E-state index is 11.8. The van der Waals surface area contributed by atoms with Crippen molar-refractivity contribution in [1.29, 1.82) is 0 Å². The van der Waals surface area contributed by atoms with Crippen molar-refractivity contribution in [2.45, 2.75) is 39.2 Å². The Kier molecular flexibility index (Phi) is 15.8. The van der Waals surface area contributed by atoms with Crippen molar-refractivity contribution < 1.29 is 38.4 Å². The molecule has 24 heavy (non-hydrogen) atoms. The van der Waals surface area contributed by atoms with Crippen molar-refractivity contribution >= 4 is 11.9 Å². The molecule has 0 bridgehead atoms. The molecule has 1 N–H and O–H groups in total. The molecule has 0 saturated heterocycles. The second-order valence-electron chi connectivity index (χ2n) is 4.85. The fourth-order valence-corrected chi connectivity index (χ4v) is 1.66. The van der Waals surface area contributed by atoms with E-state index in [4.69, 9.17) is 28.8 Å². The van der Waals surface area contributed by atoms with E-state index in [9.17, 15) is 9.59 Å². The van der Waals surface area contributed by atoms with Gasteiger partial charge in [-0.2, -0.15) is 0 Å². The largest absolute Gasteiger partial charge is 0.463 e. The highest BCUT2D eigenvalue weighted by Crippen LogP contribution is 2.01. The smallest absolute Gasteiger partial charge is 0.335 e. The summed E-state index contributed by atoms with van der Waals surface area (Å²) >= 11 is 0. The lowest BCUT2D eigenvalue weighted by atomic mass is 10.3. The van der Waals surface area contributed by atoms with Crippen molar-refractivity contribution in [3.63, 3.8) is 0 Å². The second-order valence-corrected chi connectivity index (χ2v) is 4.85. The molecule has 0 rings (SSSR count). The first-order valence-corrected chi connectivity index (χ1v) is 8.35. The quantitative estimate of drug-likeness (QED) is 0.321. The molecule has 0 spiro atoms. The zero-order chi connectivity index (χ0) is 18.0. The number of aliphatic hydroxyl groups excluding tert-OH is 1. The van der Waals surface area contributed by atoms with E-state index < -0.39 is 12.1 Å². The fraction of sp³-hybridized carbons (Fsp3) is 0.875. The molecule has 0 saturated carbocycles. The Morgan fingerprint density at radius 2 is 1.50 bits per heavy atom. The molecule has 0 aliphatic carbocycles. The lowest BCUT2D eigenvalue weighted by Crippen LogP contribution is -2.28. The van der Waals surface area contributed by atoms with E-state index >= 15 is 0 Å². The summed E-state index contributed by atoms with van der Waals surface area (Å²) in [4.78, 5) is 22.9. The summed E-state index contributed by atoms with van der Waals surface area (Å²) in [7, 11) is 0. The predicted octanol–water partition coefficient (Wildman–Crippen LogP) is 0.694. The van der Waals surface area contributed by atoms with E-state index in [1.54, 1.807) is 0 Å². The Balaban J connectivity index is 3.60. The van der Waals surface area contributed by atoms with E-state index in [0.717, 1.165) is 6.42 Å². The summed E-state index contributed by atoms with van der Waals surface area (Å²) in [5.41, 5.74) is 0. The van der Waals surface area contributed by atoms with Gasteiger partial charge in [-0.3, -0.25) is 4.79 Å². The van der Waals surface area contributed by atoms with E-state index in [-0.39, 0.29) is 45.6 Å². The van der Waals surface area contributed by atoms with Crippen LogP contribution in [0.25, 0.3) is 0 Å². The summed E-state index contributed by atoms with van der Waals surface area (Å²) in [6.45, 7) is 5.30. The molecule has 8 nitrogen and oxygen atoms in total. The number of aliphatic hydroxyl groups is 1. The minimum absolute atomic E-state index is 0.0630. The first-order chi connectivity index (χ1) is 11.7. The standard InChI is InChI=1S/C16H30O8/c1-3-5-15(18)23-12-9-21-8-11-22-14(4-2)16(19)24-13-10-20-7-6-17/h14,17H,3-13H2,1-2H3. The van der Waals surface area contributed by atoms with E-state index in [0.29, 0.717) is 26.1 Å². The summed E-state index contributed by atoms with van der Waals surface area (Å²) in [6, 6.07) is 0. The number of carbonyl (C=O) groups is 2. The Bertz CT molecular complexity index is 321. The van der Waals surface area contributed by atoms with Crippen LogP contribution in [0.1, 0.15) is 33.1 Å². The number of carbonyl (C=O) groups excluding carboxylic acids is 2. The van der Waals surface area contributed by atoms with Crippen LogP contribution in [0, 0.1) is 0 Å². The molecular weight excluding hydrogens is 320 g/mol. The normalized spacial score (nSPS) is 12.0. The number of hydrogen-bond donors (Lipinski definition) is 1. The van der Waals surface area contributed by atoms with Crippen LogP contribution >= 0.6 is 0 Å². The Morgan fingerprint density at radius 3 is 2.12 bits per heavy atom. The number of ether oxygens (including phenoxy) is 5. The lowest BCUT2D eigenvalue weighted by molar-refractivity contribution is -0.160. The van der Waals surface area contributed by atoms with Gasteiger partial charge in [0, 0.05) is 6.42 Å². The van der Waals surface area contributed by atoms with Gasteiger partial charge in [-0.15, -0.1) is 0 Å². The van der Waals surface area contributed by atoms with Crippen molar-refractivity contribution in [1.82, 2.24) is 0 Å². The van der Waals surface area contributed by atoms with E-state index in [1.165, 1.54) is 0 Å². The second kappa shape index (κ2) is 16.6. The molecule has 1 unspecified atom stereocenters. The van der Waals surface area contributed by atoms with Crippen molar-refractivity contribution in [2.75, 3.05) is 52.9 Å². The molecule has 142 valence electrons. The van der Waals surface area contributed by atoms with Crippen LogP contribution in [0.3, 0.4) is 0 Å². The average molecular weight is 350 g/mol. The Labute approximate surface area is 143 Å². The van der Waals surface area contributed by atoms with Crippen molar-refractivity contribution in [2.24, 2.45) is 0 Å². The number of esters is 2. The van der Waals surface area contributed by atoms with Crippen LogP contribution in [0.15, 0.2) is 0 Å². The van der Waals surface area contributed by atoms with Crippen molar-refractivity contribution in [3.8, 4) is 0 Å². The highest BCUT2D eigenvalue weighted by Gasteiger charge is 2.18. The van der Waals surface area contributed by atoms with Gasteiger partial charge in [-0.05, 0) is 12.8 Å². The molecule has 0 aliphatic heterocycles. The van der Waals surface area contributed by atoms with E-state index in [2.05, 4.69) is 0 Å². The third-order valence-corrected chi connectivity index (χ3v) is 2.83. The molecule has 1 atom stereocenters. The molecule has 0 aliphatic rings. The summed E-state index contributed by atoms with van der Waals surface area (Å²) in [5, 5.41) is 8.54. The van der Waals surface area contributed by atoms with Crippen LogP contribution in [0.5, 0.6) is 0 Å². The van der Waals surface area contributed by atoms with Gasteiger partial charge in [-0.1, -0.05) is 13.8 Å². The van der Waals surface area contributed by atoms with Crippen LogP contribution in [0.2, 0.25) is 0 Å². The minimum Gasteiger partial charge on any atom is -0.463 e. The van der Waals surface area contributed by atoms with Crippen LogP contribution in [0.4, 0.5) is 0 Å². The third-order valence-electron chi connectivity index (χ3n) is 2.83. The van der Waals surface area contributed by atoms with Gasteiger partial charge in [0.05, 0.1) is 39.6 Å². The van der Waals surface area contributed by atoms with Crippen LogP contribution in [-0.2, 0) is 33.3 Å². The zero-order valence-electron chi connectivity index (χ0n) is 14.7. The monoisotopic (exact) mass is 350 g/mol. The predicted molar refractivity (Wildman–Crippen MR) is 85.6 cm³/mol. The molecule has 8 heteroatoms. The molecule has 0 amide bonds. The zero-order valence-corrected chi connectivity index (χ0v) is 14.7. The average Bonchev–Trinajstić information content (AvgIpc) is 2.57. The summed E-state index contributed by atoms with van der Waals surface area (Å²) in [6.07, 6.45) is 1.02. The molecule has 0 aromatic carbocycles. The van der Waals surface area contributed by atoms with Gasteiger partial charge in [0.1, 0.15) is 13.2 Å². The molecular formula is C16H30O8. The molecule has 0 aromatic heterocycles. The van der Waals surface area contributed by atoms with E-state index in [1.807, 2.05) is 13.8 Å². The Morgan fingerprint density at radius 1 is 0.875 bits per heavy atom. The van der Waals surface area contributed by atoms with Gasteiger partial charge in [-0.25, -0.2) is 4.79 Å². The molecule has 0 radical (unpaired) electrons. The van der Waals surface area contributed by atoms with Gasteiger partial charge < -0.3 is 28.8 Å². The molecule has 0 fully saturated rings. The maximum Gasteiger partial charge on any atom is 0.335 e. The first kappa shape index (κ1) is 22.8. The lowest BCUT2D eigenvalue weighted by Gasteiger charge is -2.15. The van der Waals surface area contributed by atoms with Gasteiger partial charge >= 0.3 is 11.9 Å². The topological polar surface area (TPSA) is 101 Å². The minimum atomic E-state index is -0.645. The van der Waals surface area contributed by atoms with Gasteiger partial charge in [0.25, 0.3) is 0 Å².